The number of hydrogen-bond acceptors (Lipinski definition) is 4. The summed E-state index contributed by atoms with van der Waals surface area (Å²) in [5.74, 6) is -0.446. The van der Waals surface area contributed by atoms with E-state index in [2.05, 4.69) is 5.32 Å². The Hall–Kier alpha value is -3.86. The van der Waals surface area contributed by atoms with Crippen LogP contribution >= 0.6 is 12.4 Å². The molecule has 5 rings (SSSR count). The van der Waals surface area contributed by atoms with Crippen LogP contribution < -0.4 is 15.4 Å². The minimum Gasteiger partial charge on any atom is -0.350 e. The Morgan fingerprint density at radius 2 is 1.56 bits per heavy atom. The summed E-state index contributed by atoms with van der Waals surface area (Å²) in [5, 5.41) is 2.85. The van der Waals surface area contributed by atoms with Crippen molar-refractivity contribution >= 4 is 34.0 Å². The van der Waals surface area contributed by atoms with Gasteiger partial charge in [-0.25, -0.2) is 8.42 Å². The second-order valence-corrected chi connectivity index (χ2v) is 11.3. The molecule has 11 heteroatoms. The number of anilines is 1. The molecule has 0 spiro atoms. The zero-order valence-electron chi connectivity index (χ0n) is 21.6. The number of carbonyl (C=O) groups excluding carboxylic acids is 1. The first kappa shape index (κ1) is 30.1. The highest BCUT2D eigenvalue weighted by Gasteiger charge is 2.42. The van der Waals surface area contributed by atoms with Gasteiger partial charge in [0, 0.05) is 19.5 Å². The predicted octanol–water partition coefficient (Wildman–Crippen LogP) is 5.69. The normalized spacial score (nSPS) is 14.7. The van der Waals surface area contributed by atoms with Gasteiger partial charge in [0.2, 0.25) is 5.91 Å². The Labute approximate surface area is 242 Å². The smallest absolute Gasteiger partial charge is 0.350 e. The van der Waals surface area contributed by atoms with Crippen molar-refractivity contribution in [2.24, 2.45) is 5.73 Å². The third-order valence-electron chi connectivity index (χ3n) is 6.86. The van der Waals surface area contributed by atoms with E-state index in [1.54, 1.807) is 24.3 Å². The van der Waals surface area contributed by atoms with Gasteiger partial charge in [0.1, 0.15) is 6.04 Å². The van der Waals surface area contributed by atoms with Gasteiger partial charge in [0.15, 0.2) is 0 Å². The topological polar surface area (TPSA) is 92.5 Å². The number of rotatable bonds is 7. The molecule has 0 bridgehead atoms. The minimum atomic E-state index is -4.49. The monoisotopic (exact) mass is 601 g/mol. The van der Waals surface area contributed by atoms with E-state index in [0.29, 0.717) is 23.4 Å². The number of alkyl halides is 3. The summed E-state index contributed by atoms with van der Waals surface area (Å²) < 4.78 is 68.4. The van der Waals surface area contributed by atoms with Gasteiger partial charge in [-0.15, -0.1) is 12.4 Å². The molecule has 6 nitrogen and oxygen atoms in total. The fourth-order valence-electron chi connectivity index (χ4n) is 4.84. The zero-order valence-corrected chi connectivity index (χ0v) is 23.3. The minimum absolute atomic E-state index is 0. The molecule has 0 saturated carbocycles. The van der Waals surface area contributed by atoms with E-state index in [1.165, 1.54) is 36.4 Å². The molecule has 0 fully saturated rings. The van der Waals surface area contributed by atoms with Crippen LogP contribution in [0.1, 0.15) is 22.3 Å². The van der Waals surface area contributed by atoms with Crippen LogP contribution in [0.3, 0.4) is 0 Å². The molecule has 0 unspecified atom stereocenters. The Kier molecular flexibility index (Phi) is 8.77. The maximum absolute atomic E-state index is 13.9. The van der Waals surface area contributed by atoms with Gasteiger partial charge in [-0.05, 0) is 58.1 Å². The van der Waals surface area contributed by atoms with E-state index in [9.17, 15) is 26.4 Å². The third-order valence-corrected chi connectivity index (χ3v) is 8.69. The SMILES string of the molecule is Cl.NCc1cccc(CNC(=O)[C@@H]2Cc3ccccc3N2S(=O)(=O)c2ccc(-c3cccc(C(F)(F)F)c3)cc2)c1. The Bertz CT molecular complexity index is 1660. The third kappa shape index (κ3) is 6.24. The van der Waals surface area contributed by atoms with Gasteiger partial charge < -0.3 is 11.1 Å². The molecule has 0 saturated heterocycles. The molecular formula is C30H27ClF3N3O3S. The van der Waals surface area contributed by atoms with Crippen LogP contribution in [0.4, 0.5) is 18.9 Å². The van der Waals surface area contributed by atoms with Crippen LogP contribution in [0.5, 0.6) is 0 Å². The van der Waals surface area contributed by atoms with Gasteiger partial charge in [-0.3, -0.25) is 9.10 Å². The summed E-state index contributed by atoms with van der Waals surface area (Å²) in [6.45, 7) is 0.567. The first-order valence-corrected chi connectivity index (χ1v) is 14.0. The summed E-state index contributed by atoms with van der Waals surface area (Å²) in [4.78, 5) is 13.3. The van der Waals surface area contributed by atoms with Crippen molar-refractivity contribution in [2.75, 3.05) is 4.31 Å². The van der Waals surface area contributed by atoms with Crippen LogP contribution in [0, 0.1) is 0 Å². The number of fused-ring (bicyclic) bond motifs is 1. The first-order chi connectivity index (χ1) is 19.1. The van der Waals surface area contributed by atoms with E-state index in [1.807, 2.05) is 24.3 Å². The van der Waals surface area contributed by atoms with E-state index in [4.69, 9.17) is 5.73 Å². The fourth-order valence-corrected chi connectivity index (χ4v) is 6.48. The van der Waals surface area contributed by atoms with E-state index >= 15 is 0 Å². The quantitative estimate of drug-likeness (QED) is 0.285. The molecule has 0 aliphatic carbocycles. The lowest BCUT2D eigenvalue weighted by Crippen LogP contribution is -2.47. The van der Waals surface area contributed by atoms with Crippen LogP contribution in [0.15, 0.2) is 102 Å². The largest absolute Gasteiger partial charge is 0.416 e. The Morgan fingerprint density at radius 1 is 0.878 bits per heavy atom. The highest BCUT2D eigenvalue weighted by molar-refractivity contribution is 7.93. The maximum atomic E-state index is 13.9. The van der Waals surface area contributed by atoms with Crippen molar-refractivity contribution in [1.82, 2.24) is 5.32 Å². The number of sulfonamides is 1. The van der Waals surface area contributed by atoms with E-state index in [0.717, 1.165) is 33.1 Å². The van der Waals surface area contributed by atoms with Crippen molar-refractivity contribution in [3.05, 3.63) is 119 Å². The van der Waals surface area contributed by atoms with Crippen LogP contribution in [-0.4, -0.2) is 20.4 Å². The molecule has 4 aromatic carbocycles. The maximum Gasteiger partial charge on any atom is 0.416 e. The molecule has 0 aromatic heterocycles. The predicted molar refractivity (Wildman–Crippen MR) is 154 cm³/mol. The van der Waals surface area contributed by atoms with Crippen molar-refractivity contribution < 1.29 is 26.4 Å². The fraction of sp³-hybridized carbons (Fsp3) is 0.167. The molecule has 0 radical (unpaired) electrons. The number of halogens is 4. The average molecular weight is 602 g/mol. The second kappa shape index (κ2) is 11.9. The molecular weight excluding hydrogens is 575 g/mol. The Morgan fingerprint density at radius 3 is 2.27 bits per heavy atom. The number of para-hydroxylation sites is 1. The highest BCUT2D eigenvalue weighted by Crippen LogP contribution is 2.38. The van der Waals surface area contributed by atoms with Gasteiger partial charge in [0.05, 0.1) is 16.1 Å². The number of amides is 1. The van der Waals surface area contributed by atoms with Crippen molar-refractivity contribution in [3.63, 3.8) is 0 Å². The second-order valence-electron chi connectivity index (χ2n) is 9.49. The molecule has 1 heterocycles. The van der Waals surface area contributed by atoms with Gasteiger partial charge in [-0.1, -0.05) is 66.7 Å². The molecule has 1 aliphatic heterocycles. The number of benzene rings is 4. The number of nitrogens with one attached hydrogen (secondary N) is 1. The molecule has 1 aliphatic rings. The molecule has 1 atom stereocenters. The van der Waals surface area contributed by atoms with Gasteiger partial charge in [0.25, 0.3) is 10.0 Å². The number of nitrogens with two attached hydrogens (primary N) is 1. The molecule has 3 N–H and O–H groups in total. The molecule has 4 aromatic rings. The van der Waals surface area contributed by atoms with Crippen molar-refractivity contribution in [1.29, 1.82) is 0 Å². The molecule has 1 amide bonds. The van der Waals surface area contributed by atoms with Crippen LogP contribution in [-0.2, 0) is 40.5 Å². The number of hydrogen-bond donors (Lipinski definition) is 2. The molecule has 214 valence electrons. The average Bonchev–Trinajstić information content (AvgIpc) is 3.36. The number of carbonyl (C=O) groups is 1. The van der Waals surface area contributed by atoms with E-state index in [-0.39, 0.29) is 30.3 Å². The standard InChI is InChI=1S/C30H26F3N3O3S.ClH/c31-30(32,33)25-9-4-8-23(16-25)22-11-13-26(14-12-22)40(38,39)36-27-10-2-1-7-24(27)17-28(36)29(37)35-19-21-6-3-5-20(15-21)18-34;/h1-16,28H,17-19,34H2,(H,35,37);1H/t28-;/m0./s1. The highest BCUT2D eigenvalue weighted by atomic mass is 35.5. The summed E-state index contributed by atoms with van der Waals surface area (Å²) in [6, 6.07) is 23.8. The lowest BCUT2D eigenvalue weighted by molar-refractivity contribution is -0.137. The zero-order chi connectivity index (χ0) is 28.5. The number of nitrogens with zero attached hydrogens (tertiary/aromatic N) is 1. The summed E-state index contributed by atoms with van der Waals surface area (Å²) in [5.41, 5.74) is 8.54. The summed E-state index contributed by atoms with van der Waals surface area (Å²) in [6.07, 6.45) is -4.29. The summed E-state index contributed by atoms with van der Waals surface area (Å²) in [7, 11) is -4.19. The van der Waals surface area contributed by atoms with Crippen LogP contribution in [0.2, 0.25) is 0 Å². The molecule has 41 heavy (non-hydrogen) atoms. The van der Waals surface area contributed by atoms with Gasteiger partial charge >= 0.3 is 6.18 Å². The van der Waals surface area contributed by atoms with Crippen molar-refractivity contribution in [3.8, 4) is 11.1 Å². The Balaban J connectivity index is 0.00000387. The lowest BCUT2D eigenvalue weighted by atomic mass is 10.0. The first-order valence-electron chi connectivity index (χ1n) is 12.5. The summed E-state index contributed by atoms with van der Waals surface area (Å²) >= 11 is 0. The van der Waals surface area contributed by atoms with E-state index < -0.39 is 33.7 Å². The van der Waals surface area contributed by atoms with Crippen molar-refractivity contribution in [2.45, 2.75) is 36.6 Å². The lowest BCUT2D eigenvalue weighted by Gasteiger charge is -2.26. The van der Waals surface area contributed by atoms with Crippen LogP contribution in [0.25, 0.3) is 11.1 Å². The van der Waals surface area contributed by atoms with Gasteiger partial charge in [-0.2, -0.15) is 13.2 Å².